The standard InChI is InChI=1S/C50H74O14/c1-27-13-12-16-34-26-57-47-42(51)30(4)21-37(50(34,47)54)48(53)60-36-22-35(63-49(25-36)20-19-29(3)45(64-49)33-14-10-9-11-15-33)18-17-28(2)44(27)61-41-24-39(56-8)46(32(6)59-41)62-40-23-38(55-7)43(52)31(5)58-40/h12-13,16-17,19-21,27,29,31-33,35-47,51-52,54H,9-11,14-15,18,22-26H2,1-8H3/b13-12?,28-17+,34-16?/t27-,29-,31-,32-,35+,36-,37-,38-,39-,40-,41-,42+,43-,44-,45-,46-,47+,49+,50+/m0/s1. The Bertz CT molecular complexity index is 1790. The van der Waals surface area contributed by atoms with Crippen molar-refractivity contribution in [1.82, 2.24) is 0 Å². The number of ether oxygens (including phenoxy) is 10. The van der Waals surface area contributed by atoms with Gasteiger partial charge in [0.25, 0.3) is 0 Å². The molecule has 0 unspecified atom stereocenters. The molecule has 8 aliphatic rings. The molecule has 64 heavy (non-hydrogen) atoms. The molecule has 0 aromatic carbocycles. The van der Waals surface area contributed by atoms with Crippen LogP contribution in [0, 0.1) is 23.7 Å². The Morgan fingerprint density at radius 1 is 0.812 bits per heavy atom. The number of esters is 1. The van der Waals surface area contributed by atoms with Gasteiger partial charge in [0.15, 0.2) is 18.4 Å². The van der Waals surface area contributed by atoms with Crippen LogP contribution >= 0.6 is 0 Å². The van der Waals surface area contributed by atoms with Crippen LogP contribution in [0.2, 0.25) is 0 Å². The van der Waals surface area contributed by atoms with Crippen LogP contribution in [-0.4, -0.2) is 139 Å². The molecule has 4 saturated heterocycles. The molecule has 8 rings (SSSR count). The summed E-state index contributed by atoms with van der Waals surface area (Å²) in [4.78, 5) is 14.4. The number of hydrogen-bond acceptors (Lipinski definition) is 14. The van der Waals surface area contributed by atoms with Gasteiger partial charge in [-0.2, -0.15) is 0 Å². The number of methoxy groups -OCH3 is 2. The largest absolute Gasteiger partial charge is 0.462 e. The van der Waals surface area contributed by atoms with E-state index in [1.54, 1.807) is 40.2 Å². The molecule has 1 spiro atoms. The van der Waals surface area contributed by atoms with Crippen LogP contribution in [0.1, 0.15) is 106 Å². The van der Waals surface area contributed by atoms with Crippen molar-refractivity contribution >= 4 is 5.97 Å². The smallest absolute Gasteiger partial charge is 0.316 e. The van der Waals surface area contributed by atoms with Gasteiger partial charge >= 0.3 is 5.97 Å². The molecule has 2 bridgehead atoms. The Balaban J connectivity index is 1.08. The maximum atomic E-state index is 14.4. The van der Waals surface area contributed by atoms with Gasteiger partial charge in [-0.15, -0.1) is 0 Å². The van der Waals surface area contributed by atoms with Gasteiger partial charge in [-0.05, 0) is 75.7 Å². The van der Waals surface area contributed by atoms with Crippen LogP contribution in [0.3, 0.4) is 0 Å². The van der Waals surface area contributed by atoms with E-state index in [1.165, 1.54) is 19.3 Å². The third-order valence-electron chi connectivity index (χ3n) is 15.4. The van der Waals surface area contributed by atoms with Gasteiger partial charge in [-0.1, -0.05) is 69.6 Å². The number of aliphatic hydroxyl groups excluding tert-OH is 2. The van der Waals surface area contributed by atoms with Crippen molar-refractivity contribution in [3.63, 3.8) is 0 Å². The summed E-state index contributed by atoms with van der Waals surface area (Å²) in [5.74, 6) is -2.32. The lowest BCUT2D eigenvalue weighted by atomic mass is 9.71. The minimum absolute atomic E-state index is 0.0242. The lowest BCUT2D eigenvalue weighted by Crippen LogP contribution is -2.58. The van der Waals surface area contributed by atoms with E-state index in [1.807, 2.05) is 25.2 Å². The fourth-order valence-electron chi connectivity index (χ4n) is 11.7. The van der Waals surface area contributed by atoms with Crippen molar-refractivity contribution in [2.24, 2.45) is 23.7 Å². The first-order valence-corrected chi connectivity index (χ1v) is 24.0. The summed E-state index contributed by atoms with van der Waals surface area (Å²) in [6.07, 6.45) is 13.8. The fraction of sp³-hybridized carbons (Fsp3) is 0.780. The predicted molar refractivity (Wildman–Crippen MR) is 234 cm³/mol. The lowest BCUT2D eigenvalue weighted by molar-refractivity contribution is -0.318. The van der Waals surface area contributed by atoms with Crippen molar-refractivity contribution in [1.29, 1.82) is 0 Å². The predicted octanol–water partition coefficient (Wildman–Crippen LogP) is 5.91. The van der Waals surface area contributed by atoms with E-state index in [0.29, 0.717) is 49.2 Å². The highest BCUT2D eigenvalue weighted by molar-refractivity contribution is 5.78. The minimum Gasteiger partial charge on any atom is -0.462 e. The average molecular weight is 899 g/mol. The number of allylic oxidation sites excluding steroid dienone is 2. The summed E-state index contributed by atoms with van der Waals surface area (Å²) in [6, 6.07) is 0. The molecule has 14 heteroatoms. The molecular formula is C50H74O14. The van der Waals surface area contributed by atoms with Crippen molar-refractivity contribution in [2.45, 2.75) is 203 Å². The molecule has 0 aromatic heterocycles. The van der Waals surface area contributed by atoms with E-state index in [0.717, 1.165) is 18.4 Å². The Morgan fingerprint density at radius 2 is 1.53 bits per heavy atom. The van der Waals surface area contributed by atoms with Crippen LogP contribution in [0.4, 0.5) is 0 Å². The molecule has 14 nitrogen and oxygen atoms in total. The highest BCUT2D eigenvalue weighted by atomic mass is 16.7. The average Bonchev–Trinajstić information content (AvgIpc) is 3.62. The number of rotatable bonds is 7. The molecular weight excluding hydrogens is 825 g/mol. The Morgan fingerprint density at radius 3 is 2.28 bits per heavy atom. The third-order valence-corrected chi connectivity index (χ3v) is 15.4. The summed E-state index contributed by atoms with van der Waals surface area (Å²) in [5, 5.41) is 34.3. The Hall–Kier alpha value is -2.31. The van der Waals surface area contributed by atoms with Crippen LogP contribution < -0.4 is 0 Å². The first-order chi connectivity index (χ1) is 30.6. The second kappa shape index (κ2) is 20.1. The van der Waals surface area contributed by atoms with E-state index in [4.69, 9.17) is 47.4 Å². The number of aliphatic hydroxyl groups is 3. The normalized spacial score (nSPS) is 47.9. The van der Waals surface area contributed by atoms with E-state index < -0.39 is 90.8 Å². The highest BCUT2D eigenvalue weighted by Gasteiger charge is 2.60. The van der Waals surface area contributed by atoms with Crippen molar-refractivity contribution < 1.29 is 67.5 Å². The molecule has 0 aromatic rings. The quantitative estimate of drug-likeness (QED) is 0.204. The highest BCUT2D eigenvalue weighted by Crippen LogP contribution is 2.48. The lowest BCUT2D eigenvalue weighted by Gasteiger charge is -2.49. The molecule has 0 amide bonds. The van der Waals surface area contributed by atoms with Crippen LogP contribution in [0.25, 0.3) is 0 Å². The number of hydrogen-bond donors (Lipinski definition) is 3. The number of fused-ring (bicyclic) bond motifs is 2. The summed E-state index contributed by atoms with van der Waals surface area (Å²) in [7, 11) is 3.23. The zero-order valence-corrected chi connectivity index (χ0v) is 39.0. The van der Waals surface area contributed by atoms with Gasteiger partial charge in [-0.25, -0.2) is 0 Å². The Labute approximate surface area is 379 Å². The van der Waals surface area contributed by atoms with Gasteiger partial charge < -0.3 is 62.7 Å². The second-order valence-corrected chi connectivity index (χ2v) is 20.0. The zero-order chi connectivity index (χ0) is 45.5. The Kier molecular flexibility index (Phi) is 15.1. The van der Waals surface area contributed by atoms with Gasteiger partial charge in [0.2, 0.25) is 0 Å². The van der Waals surface area contributed by atoms with Gasteiger partial charge in [0, 0.05) is 51.7 Å². The summed E-state index contributed by atoms with van der Waals surface area (Å²) >= 11 is 0. The van der Waals surface area contributed by atoms with E-state index in [-0.39, 0.29) is 36.8 Å². The first-order valence-electron chi connectivity index (χ1n) is 24.0. The molecule has 19 atom stereocenters. The summed E-state index contributed by atoms with van der Waals surface area (Å²) in [5.41, 5.74) is 0.166. The molecule has 2 aliphatic carbocycles. The van der Waals surface area contributed by atoms with E-state index >= 15 is 0 Å². The van der Waals surface area contributed by atoms with Gasteiger partial charge in [-0.3, -0.25) is 4.79 Å². The molecule has 6 aliphatic heterocycles. The van der Waals surface area contributed by atoms with Crippen molar-refractivity contribution in [3.05, 3.63) is 59.3 Å². The molecule has 1 saturated carbocycles. The van der Waals surface area contributed by atoms with E-state index in [2.05, 4.69) is 32.9 Å². The fourth-order valence-corrected chi connectivity index (χ4v) is 11.7. The molecule has 0 radical (unpaired) electrons. The topological polar surface area (TPSA) is 170 Å². The van der Waals surface area contributed by atoms with Crippen LogP contribution in [0.15, 0.2) is 59.3 Å². The number of carbonyl (C=O) groups is 1. The summed E-state index contributed by atoms with van der Waals surface area (Å²) < 4.78 is 64.1. The van der Waals surface area contributed by atoms with Crippen LogP contribution in [0.5, 0.6) is 0 Å². The third kappa shape index (κ3) is 9.82. The second-order valence-electron chi connectivity index (χ2n) is 20.0. The monoisotopic (exact) mass is 899 g/mol. The SMILES string of the molecule is CO[C@H]1C[C@H](O[C@H]2[C@H](C)O[C@@H](O[C@@H]3/C(C)=C/C[C@@H]4C[C@@H](C[C@]5(C=C[C@H](C)[C@@H](C6CCCCC6)O5)O4)OC(=O)[C@@H]4C=C(C)[C@@H](O)[C@H]5OCC(=CC=C[C@@H]3C)[C@]54O)C[C@@H]2OC)O[C@@H](C)[C@@H]1O. The molecule has 6 heterocycles. The summed E-state index contributed by atoms with van der Waals surface area (Å²) in [6.45, 7) is 11.9. The maximum Gasteiger partial charge on any atom is 0.316 e. The zero-order valence-electron chi connectivity index (χ0n) is 39.0. The minimum atomic E-state index is -1.83. The van der Waals surface area contributed by atoms with Crippen LogP contribution in [-0.2, 0) is 52.2 Å². The number of carbonyl (C=O) groups excluding carboxylic acids is 1. The van der Waals surface area contributed by atoms with Crippen molar-refractivity contribution in [2.75, 3.05) is 20.8 Å². The molecule has 358 valence electrons. The maximum absolute atomic E-state index is 14.4. The van der Waals surface area contributed by atoms with E-state index in [9.17, 15) is 20.1 Å². The first kappa shape index (κ1) is 48.2. The van der Waals surface area contributed by atoms with Gasteiger partial charge in [0.1, 0.15) is 42.0 Å². The van der Waals surface area contributed by atoms with Crippen molar-refractivity contribution in [3.8, 4) is 0 Å². The molecule has 3 N–H and O–H groups in total. The van der Waals surface area contributed by atoms with Gasteiger partial charge in [0.05, 0.1) is 49.3 Å². The molecule has 5 fully saturated rings.